The van der Waals surface area contributed by atoms with E-state index in [0.29, 0.717) is 37.0 Å². The number of ether oxygens (including phenoxy) is 1. The van der Waals surface area contributed by atoms with Crippen molar-refractivity contribution in [1.82, 2.24) is 10.6 Å². The van der Waals surface area contributed by atoms with E-state index in [2.05, 4.69) is 37.7 Å². The van der Waals surface area contributed by atoms with E-state index >= 15 is 0 Å². The van der Waals surface area contributed by atoms with Crippen LogP contribution in [-0.2, 0) is 31.6 Å². The molecule has 6 nitrogen and oxygen atoms in total. The summed E-state index contributed by atoms with van der Waals surface area (Å²) in [6.45, 7) is 10.4. The summed E-state index contributed by atoms with van der Waals surface area (Å²) in [5.41, 5.74) is 2.16. The molecule has 0 radical (unpaired) electrons. The molecule has 0 bridgehead atoms. The van der Waals surface area contributed by atoms with Crippen molar-refractivity contribution in [3.8, 4) is 0 Å². The van der Waals surface area contributed by atoms with Crippen LogP contribution in [0, 0.1) is 0 Å². The van der Waals surface area contributed by atoms with Crippen LogP contribution in [0.25, 0.3) is 0 Å². The minimum Gasteiger partial charge on any atom is -0.467 e. The summed E-state index contributed by atoms with van der Waals surface area (Å²) in [5, 5.41) is 4.95. The number of aryl methyl sites for hydroxylation is 1. The maximum atomic E-state index is 13.4. The zero-order valence-electron chi connectivity index (χ0n) is 24.3. The fourth-order valence-electron chi connectivity index (χ4n) is 3.91. The molecule has 0 aliphatic rings. The van der Waals surface area contributed by atoms with Crippen molar-refractivity contribution in [2.24, 2.45) is 0 Å². The Morgan fingerprint density at radius 3 is 2.23 bits per heavy atom. The number of hydrogen-bond donors (Lipinski definition) is 2. The fourth-order valence-corrected chi connectivity index (χ4v) is 5.76. The molecule has 1 aromatic rings. The van der Waals surface area contributed by atoms with Gasteiger partial charge in [-0.05, 0) is 80.3 Å². The smallest absolute Gasteiger partial charge is 0.467 e. The number of thioether (sulfide) groups is 1. The Kier molecular flexibility index (Phi) is 14.2. The van der Waals surface area contributed by atoms with E-state index in [4.69, 9.17) is 4.74 Å². The van der Waals surface area contributed by atoms with Crippen molar-refractivity contribution in [3.63, 3.8) is 0 Å². The molecule has 0 fully saturated rings. The molecule has 0 aliphatic heterocycles. The Labute approximate surface area is 238 Å². The molecule has 0 saturated carbocycles. The molecule has 0 spiro atoms. The summed E-state index contributed by atoms with van der Waals surface area (Å²) in [5.74, 6) is -1.59. The highest BCUT2D eigenvalue weighted by atomic mass is 32.2. The van der Waals surface area contributed by atoms with Crippen LogP contribution in [0.5, 0.6) is 0 Å². The molecule has 2 amide bonds. The normalized spacial score (nSPS) is 14.5. The van der Waals surface area contributed by atoms with Crippen molar-refractivity contribution in [2.45, 2.75) is 89.2 Å². The molecular formula is C28H44F3N2O4S2+. The summed E-state index contributed by atoms with van der Waals surface area (Å²) in [7, 11) is 1.34. The van der Waals surface area contributed by atoms with Crippen molar-refractivity contribution >= 4 is 40.4 Å². The molecule has 222 valence electrons. The first-order valence-electron chi connectivity index (χ1n) is 13.0. The predicted molar refractivity (Wildman–Crippen MR) is 156 cm³/mol. The first-order valence-corrected chi connectivity index (χ1v) is 16.2. The van der Waals surface area contributed by atoms with Crippen molar-refractivity contribution in [2.75, 3.05) is 31.1 Å². The second-order valence-corrected chi connectivity index (χ2v) is 14.7. The third kappa shape index (κ3) is 12.0. The summed E-state index contributed by atoms with van der Waals surface area (Å²) < 4.78 is 43.1. The Bertz CT molecular complexity index is 965. The van der Waals surface area contributed by atoms with Crippen LogP contribution in [0.2, 0.25) is 0 Å². The lowest BCUT2D eigenvalue weighted by molar-refractivity contribution is -0.174. The Morgan fingerprint density at radius 2 is 1.72 bits per heavy atom. The summed E-state index contributed by atoms with van der Waals surface area (Å²) >= 11 is 1.36. The summed E-state index contributed by atoms with van der Waals surface area (Å²) in [4.78, 5) is 37.3. The van der Waals surface area contributed by atoms with Gasteiger partial charge in [-0.1, -0.05) is 26.0 Å². The number of alkyl halides is 3. The number of halogens is 3. The highest BCUT2D eigenvalue weighted by molar-refractivity contribution is 7.98. The van der Waals surface area contributed by atoms with E-state index in [-0.39, 0.29) is 27.5 Å². The standard InChI is InChI=1S/C28H43F3N2O4S2/c1-18(2)21-13-12-19(10-9-11-20(17-38-7)32-26(36)28(29,30)31)16-22(21)24(34)33-23(25(35)37-6)14-15-39(8)27(3,4)5/h12-13,16,18,20,23H,9-11,14-15,17H2,1-8H3,(H-,32,33,34,36)/p+1/t20-,23+,39?/m1/s1. The van der Waals surface area contributed by atoms with Crippen LogP contribution in [0.1, 0.15) is 81.3 Å². The SMILES string of the molecule is COC(=O)[C@H](CC[S+](C)C(C)(C)C)NC(=O)c1cc(CCC[C@H](CSC)NC(=O)C(F)(F)F)ccc1C(C)C. The van der Waals surface area contributed by atoms with Crippen LogP contribution >= 0.6 is 11.8 Å². The third-order valence-electron chi connectivity index (χ3n) is 6.51. The second-order valence-electron chi connectivity index (χ2n) is 10.9. The lowest BCUT2D eigenvalue weighted by Gasteiger charge is -2.22. The minimum absolute atomic E-state index is 0.0312. The lowest BCUT2D eigenvalue weighted by atomic mass is 9.93. The van der Waals surface area contributed by atoms with Crippen LogP contribution in [-0.4, -0.2) is 71.9 Å². The van der Waals surface area contributed by atoms with E-state index in [0.717, 1.165) is 16.9 Å². The van der Waals surface area contributed by atoms with Crippen molar-refractivity contribution in [3.05, 3.63) is 34.9 Å². The Morgan fingerprint density at radius 1 is 1.08 bits per heavy atom. The monoisotopic (exact) mass is 593 g/mol. The van der Waals surface area contributed by atoms with Gasteiger partial charge in [-0.15, -0.1) is 0 Å². The first kappa shape index (κ1) is 35.1. The van der Waals surface area contributed by atoms with E-state index in [1.54, 1.807) is 12.3 Å². The van der Waals surface area contributed by atoms with Gasteiger partial charge >= 0.3 is 18.1 Å². The Balaban J connectivity index is 3.02. The maximum Gasteiger partial charge on any atom is 0.471 e. The van der Waals surface area contributed by atoms with Gasteiger partial charge < -0.3 is 15.4 Å². The molecule has 39 heavy (non-hydrogen) atoms. The fraction of sp³-hybridized carbons (Fsp3) is 0.679. The molecule has 0 aliphatic carbocycles. The number of nitrogens with one attached hydrogen (secondary N) is 2. The predicted octanol–water partition coefficient (Wildman–Crippen LogP) is 5.25. The lowest BCUT2D eigenvalue weighted by Crippen LogP contribution is -2.44. The van der Waals surface area contributed by atoms with Gasteiger partial charge in [-0.2, -0.15) is 24.9 Å². The van der Waals surface area contributed by atoms with Crippen LogP contribution in [0.4, 0.5) is 13.2 Å². The average molecular weight is 594 g/mol. The third-order valence-corrected chi connectivity index (χ3v) is 10.2. The topological polar surface area (TPSA) is 84.5 Å². The van der Waals surface area contributed by atoms with Crippen molar-refractivity contribution < 1.29 is 32.3 Å². The average Bonchev–Trinajstić information content (AvgIpc) is 2.84. The number of rotatable bonds is 14. The molecule has 1 rings (SSSR count). The molecule has 3 atom stereocenters. The van der Waals surface area contributed by atoms with Gasteiger partial charge in [0.1, 0.15) is 16.5 Å². The second kappa shape index (κ2) is 15.8. The van der Waals surface area contributed by atoms with Gasteiger partial charge in [-0.25, -0.2) is 4.79 Å². The van der Waals surface area contributed by atoms with E-state index in [1.165, 1.54) is 18.9 Å². The van der Waals surface area contributed by atoms with E-state index < -0.39 is 30.1 Å². The summed E-state index contributed by atoms with van der Waals surface area (Å²) in [6.07, 6.45) is 0.888. The maximum absolute atomic E-state index is 13.4. The highest BCUT2D eigenvalue weighted by Gasteiger charge is 2.39. The number of methoxy groups -OCH3 is 1. The van der Waals surface area contributed by atoms with Gasteiger partial charge in [0.25, 0.3) is 5.91 Å². The van der Waals surface area contributed by atoms with E-state index in [1.807, 2.05) is 26.0 Å². The Hall–Kier alpha value is -1.88. The van der Waals surface area contributed by atoms with Crippen molar-refractivity contribution in [1.29, 1.82) is 0 Å². The van der Waals surface area contributed by atoms with Crippen LogP contribution in [0.3, 0.4) is 0 Å². The quantitative estimate of drug-likeness (QED) is 0.227. The van der Waals surface area contributed by atoms with E-state index in [9.17, 15) is 27.6 Å². The highest BCUT2D eigenvalue weighted by Crippen LogP contribution is 2.24. The minimum atomic E-state index is -4.92. The molecule has 1 unspecified atom stereocenters. The van der Waals surface area contributed by atoms with Gasteiger partial charge in [0, 0.05) is 23.8 Å². The number of amides is 2. The molecule has 2 N–H and O–H groups in total. The largest absolute Gasteiger partial charge is 0.471 e. The van der Waals surface area contributed by atoms with Gasteiger partial charge in [0.2, 0.25) is 0 Å². The number of carbonyl (C=O) groups excluding carboxylic acids is 3. The number of esters is 1. The van der Waals surface area contributed by atoms with Gasteiger partial charge in [-0.3, -0.25) is 9.59 Å². The van der Waals surface area contributed by atoms with Gasteiger partial charge in [0.15, 0.2) is 0 Å². The summed E-state index contributed by atoms with van der Waals surface area (Å²) in [6, 6.07) is 4.21. The molecule has 0 heterocycles. The number of carbonyl (C=O) groups is 3. The number of benzene rings is 1. The number of hydrogen-bond acceptors (Lipinski definition) is 5. The van der Waals surface area contributed by atoms with Crippen LogP contribution in [0.15, 0.2) is 18.2 Å². The molecule has 0 saturated heterocycles. The molecule has 0 aromatic heterocycles. The zero-order chi connectivity index (χ0) is 30.0. The van der Waals surface area contributed by atoms with Gasteiger partial charge in [0.05, 0.1) is 13.4 Å². The molecule has 1 aromatic carbocycles. The molecule has 11 heteroatoms. The van der Waals surface area contributed by atoms with Crippen LogP contribution < -0.4 is 10.6 Å². The zero-order valence-corrected chi connectivity index (χ0v) is 25.9. The first-order chi connectivity index (χ1) is 18.0. The molecular weight excluding hydrogens is 549 g/mol.